The van der Waals surface area contributed by atoms with E-state index in [1.807, 2.05) is 0 Å². The van der Waals surface area contributed by atoms with E-state index in [4.69, 9.17) is 4.74 Å². The lowest BCUT2D eigenvalue weighted by Gasteiger charge is -2.11. The standard InChI is InChI=1S/C21H27N3O6S/c1-15-7-8-18(31(28,29)24-11-12-30-2)14-19(15)21(27)23-10-4-9-22-20(26)16-5-3-6-17(25)13-16/h3,5-8,13-14,24-25H,4,9-12H2,1-2H3,(H,22,26)(H,23,27). The summed E-state index contributed by atoms with van der Waals surface area (Å²) in [6.07, 6.45) is 0.478. The molecule has 9 nitrogen and oxygen atoms in total. The third-order valence-corrected chi connectivity index (χ3v) is 5.85. The van der Waals surface area contributed by atoms with Crippen LogP contribution in [0.15, 0.2) is 47.4 Å². The molecule has 0 radical (unpaired) electrons. The molecule has 2 rings (SSSR count). The normalized spacial score (nSPS) is 11.2. The number of benzene rings is 2. The molecule has 10 heteroatoms. The number of sulfonamides is 1. The van der Waals surface area contributed by atoms with Gasteiger partial charge in [0.05, 0.1) is 11.5 Å². The molecule has 2 amide bonds. The molecule has 0 atom stereocenters. The summed E-state index contributed by atoms with van der Waals surface area (Å²) in [5.41, 5.74) is 1.25. The Morgan fingerprint density at radius 1 is 1.00 bits per heavy atom. The molecule has 2 aromatic carbocycles. The van der Waals surface area contributed by atoms with Crippen LogP contribution in [0.4, 0.5) is 0 Å². The second-order valence-corrected chi connectivity index (χ2v) is 8.55. The van der Waals surface area contributed by atoms with Crippen LogP contribution in [0.2, 0.25) is 0 Å². The van der Waals surface area contributed by atoms with Crippen molar-refractivity contribution >= 4 is 21.8 Å². The molecule has 4 N–H and O–H groups in total. The third kappa shape index (κ3) is 7.35. The summed E-state index contributed by atoms with van der Waals surface area (Å²) in [6, 6.07) is 10.4. The minimum Gasteiger partial charge on any atom is -0.508 e. The van der Waals surface area contributed by atoms with Gasteiger partial charge in [-0.25, -0.2) is 13.1 Å². The molecule has 0 aliphatic rings. The Bertz CT molecular complexity index is 1020. The zero-order valence-electron chi connectivity index (χ0n) is 17.5. The summed E-state index contributed by atoms with van der Waals surface area (Å²) in [4.78, 5) is 24.5. The average molecular weight is 450 g/mol. The van der Waals surface area contributed by atoms with E-state index in [1.54, 1.807) is 25.1 Å². The number of aryl methyl sites for hydroxylation is 1. The molecule has 0 aliphatic heterocycles. The first-order valence-electron chi connectivity index (χ1n) is 9.69. The van der Waals surface area contributed by atoms with E-state index in [0.29, 0.717) is 30.6 Å². The highest BCUT2D eigenvalue weighted by Crippen LogP contribution is 2.16. The van der Waals surface area contributed by atoms with Crippen LogP contribution in [0.5, 0.6) is 5.75 Å². The molecule has 0 heterocycles. The van der Waals surface area contributed by atoms with Crippen molar-refractivity contribution in [1.82, 2.24) is 15.4 Å². The number of nitrogens with one attached hydrogen (secondary N) is 3. The Morgan fingerprint density at radius 3 is 2.39 bits per heavy atom. The van der Waals surface area contributed by atoms with E-state index >= 15 is 0 Å². The molecule has 0 saturated carbocycles. The maximum atomic E-state index is 12.5. The second kappa shape index (κ2) is 11.4. The maximum Gasteiger partial charge on any atom is 0.251 e. The fourth-order valence-corrected chi connectivity index (χ4v) is 3.75. The summed E-state index contributed by atoms with van der Waals surface area (Å²) in [5.74, 6) is -0.712. The molecular formula is C21H27N3O6S. The quantitative estimate of drug-likeness (QED) is 0.381. The highest BCUT2D eigenvalue weighted by Gasteiger charge is 2.17. The summed E-state index contributed by atoms with van der Waals surface area (Å²) >= 11 is 0. The van der Waals surface area contributed by atoms with Gasteiger partial charge in [0.2, 0.25) is 10.0 Å². The van der Waals surface area contributed by atoms with Gasteiger partial charge < -0.3 is 20.5 Å². The van der Waals surface area contributed by atoms with E-state index in [9.17, 15) is 23.1 Å². The molecule has 0 bridgehead atoms. The van der Waals surface area contributed by atoms with Gasteiger partial charge in [0.15, 0.2) is 0 Å². The lowest BCUT2D eigenvalue weighted by atomic mass is 10.1. The van der Waals surface area contributed by atoms with Gasteiger partial charge in [-0.05, 0) is 49.2 Å². The Labute approximate surface area is 181 Å². The average Bonchev–Trinajstić information content (AvgIpc) is 2.73. The van der Waals surface area contributed by atoms with Crippen molar-refractivity contribution in [1.29, 1.82) is 0 Å². The van der Waals surface area contributed by atoms with Crippen molar-refractivity contribution in [3.05, 3.63) is 59.2 Å². The Morgan fingerprint density at radius 2 is 1.71 bits per heavy atom. The van der Waals surface area contributed by atoms with Crippen molar-refractivity contribution in [3.63, 3.8) is 0 Å². The number of carbonyl (C=O) groups excluding carboxylic acids is 2. The van der Waals surface area contributed by atoms with Crippen molar-refractivity contribution < 1.29 is 27.9 Å². The molecule has 0 aromatic heterocycles. The van der Waals surface area contributed by atoms with Crippen LogP contribution in [-0.2, 0) is 14.8 Å². The zero-order chi connectivity index (χ0) is 22.9. The molecular weight excluding hydrogens is 422 g/mol. The fourth-order valence-electron chi connectivity index (χ4n) is 2.71. The van der Waals surface area contributed by atoms with Crippen LogP contribution in [0.3, 0.4) is 0 Å². The van der Waals surface area contributed by atoms with Gasteiger partial charge in [-0.15, -0.1) is 0 Å². The third-order valence-electron chi connectivity index (χ3n) is 4.40. The minimum absolute atomic E-state index is 0.00210. The largest absolute Gasteiger partial charge is 0.508 e. The fraction of sp³-hybridized carbons (Fsp3) is 0.333. The predicted molar refractivity (Wildman–Crippen MR) is 116 cm³/mol. The first-order chi connectivity index (χ1) is 14.7. The number of rotatable bonds is 11. The first kappa shape index (κ1) is 24.3. The molecule has 0 saturated heterocycles. The SMILES string of the molecule is COCCNS(=O)(=O)c1ccc(C)c(C(=O)NCCCNC(=O)c2cccc(O)c2)c1. The zero-order valence-corrected chi connectivity index (χ0v) is 18.3. The number of phenols is 1. The van der Waals surface area contributed by atoms with Crippen molar-refractivity contribution in [2.45, 2.75) is 18.2 Å². The second-order valence-electron chi connectivity index (χ2n) is 6.78. The van der Waals surface area contributed by atoms with E-state index in [-0.39, 0.29) is 35.3 Å². The predicted octanol–water partition coefficient (Wildman–Crippen LogP) is 1.18. The van der Waals surface area contributed by atoms with Gasteiger partial charge >= 0.3 is 0 Å². The van der Waals surface area contributed by atoms with E-state index < -0.39 is 15.9 Å². The van der Waals surface area contributed by atoms with Crippen LogP contribution in [-0.4, -0.2) is 58.7 Å². The maximum absolute atomic E-state index is 12.5. The molecule has 2 aromatic rings. The Kier molecular flexibility index (Phi) is 8.98. The lowest BCUT2D eigenvalue weighted by molar-refractivity contribution is 0.0951. The molecule has 31 heavy (non-hydrogen) atoms. The topological polar surface area (TPSA) is 134 Å². The molecule has 0 spiro atoms. The smallest absolute Gasteiger partial charge is 0.251 e. The van der Waals surface area contributed by atoms with Crippen molar-refractivity contribution in [2.75, 3.05) is 33.4 Å². The van der Waals surface area contributed by atoms with E-state index in [0.717, 1.165) is 0 Å². The number of hydrogen-bond donors (Lipinski definition) is 4. The van der Waals surface area contributed by atoms with E-state index in [2.05, 4.69) is 15.4 Å². The number of ether oxygens (including phenoxy) is 1. The van der Waals surface area contributed by atoms with Gasteiger partial charge in [0.1, 0.15) is 5.75 Å². The molecule has 0 aliphatic carbocycles. The Hall–Kier alpha value is -2.95. The van der Waals surface area contributed by atoms with Gasteiger partial charge in [-0.1, -0.05) is 12.1 Å². The van der Waals surface area contributed by atoms with Gasteiger partial charge in [-0.2, -0.15) is 0 Å². The van der Waals surface area contributed by atoms with Crippen LogP contribution in [0.1, 0.15) is 32.7 Å². The summed E-state index contributed by atoms with van der Waals surface area (Å²) in [5, 5.41) is 14.8. The van der Waals surface area contributed by atoms with Crippen molar-refractivity contribution in [3.8, 4) is 5.75 Å². The van der Waals surface area contributed by atoms with Gasteiger partial charge in [0, 0.05) is 37.9 Å². The monoisotopic (exact) mass is 449 g/mol. The summed E-state index contributed by atoms with van der Waals surface area (Å²) in [7, 11) is -2.28. The number of amides is 2. The lowest BCUT2D eigenvalue weighted by Crippen LogP contribution is -2.30. The Balaban J connectivity index is 1.87. The highest BCUT2D eigenvalue weighted by molar-refractivity contribution is 7.89. The first-order valence-corrected chi connectivity index (χ1v) is 11.2. The van der Waals surface area contributed by atoms with Crippen LogP contribution >= 0.6 is 0 Å². The van der Waals surface area contributed by atoms with Crippen LogP contribution in [0, 0.1) is 6.92 Å². The summed E-state index contributed by atoms with van der Waals surface area (Å²) in [6.45, 7) is 2.70. The summed E-state index contributed by atoms with van der Waals surface area (Å²) < 4.78 is 31.9. The highest BCUT2D eigenvalue weighted by atomic mass is 32.2. The number of methoxy groups -OCH3 is 1. The number of aromatic hydroxyl groups is 1. The number of carbonyl (C=O) groups is 2. The van der Waals surface area contributed by atoms with Crippen LogP contribution < -0.4 is 15.4 Å². The van der Waals surface area contributed by atoms with Crippen LogP contribution in [0.25, 0.3) is 0 Å². The van der Waals surface area contributed by atoms with Gasteiger partial charge in [-0.3, -0.25) is 9.59 Å². The minimum atomic E-state index is -3.75. The van der Waals surface area contributed by atoms with Crippen molar-refractivity contribution in [2.24, 2.45) is 0 Å². The number of hydrogen-bond acceptors (Lipinski definition) is 6. The molecule has 0 fully saturated rings. The van der Waals surface area contributed by atoms with Gasteiger partial charge in [0.25, 0.3) is 11.8 Å². The molecule has 0 unspecified atom stereocenters. The molecule has 168 valence electrons. The van der Waals surface area contributed by atoms with E-state index in [1.165, 1.54) is 31.4 Å². The number of phenolic OH excluding ortho intramolecular Hbond substituents is 1.